The second-order valence-electron chi connectivity index (χ2n) is 8.62. The van der Waals surface area contributed by atoms with Gasteiger partial charge in [0.1, 0.15) is 11.9 Å². The fourth-order valence-electron chi connectivity index (χ4n) is 4.79. The Morgan fingerprint density at radius 3 is 2.70 bits per heavy atom. The van der Waals surface area contributed by atoms with E-state index in [9.17, 15) is 10.1 Å². The van der Waals surface area contributed by atoms with E-state index in [1.165, 1.54) is 0 Å². The number of hydrogen-bond acceptors (Lipinski definition) is 6. The lowest BCUT2D eigenvalue weighted by Gasteiger charge is -2.41. The number of nitrogens with zero attached hydrogens (tertiary/aromatic N) is 4. The summed E-state index contributed by atoms with van der Waals surface area (Å²) in [7, 11) is 0. The first-order valence-electron chi connectivity index (χ1n) is 11.3. The molecule has 0 bridgehead atoms. The van der Waals surface area contributed by atoms with E-state index in [4.69, 9.17) is 14.1 Å². The van der Waals surface area contributed by atoms with Crippen LogP contribution in [0, 0.1) is 18.3 Å². The maximum atomic E-state index is 13.0. The third kappa shape index (κ3) is 3.77. The lowest BCUT2D eigenvalue weighted by atomic mass is 9.93. The molecule has 33 heavy (non-hydrogen) atoms. The number of carbonyl (C=O) groups is 1. The van der Waals surface area contributed by atoms with Crippen molar-refractivity contribution in [3.8, 4) is 17.3 Å². The number of aryl methyl sites for hydroxylation is 1. The minimum atomic E-state index is -0.0920. The van der Waals surface area contributed by atoms with Gasteiger partial charge in [-0.3, -0.25) is 4.79 Å². The average Bonchev–Trinajstić information content (AvgIpc) is 3.28. The summed E-state index contributed by atoms with van der Waals surface area (Å²) in [5.41, 5.74) is 5.39. The van der Waals surface area contributed by atoms with E-state index in [-0.39, 0.29) is 11.9 Å². The predicted molar refractivity (Wildman–Crippen MR) is 124 cm³/mol. The molecule has 3 aromatic rings. The molecule has 168 valence electrons. The van der Waals surface area contributed by atoms with Crippen molar-refractivity contribution in [3.63, 3.8) is 0 Å². The molecule has 7 heteroatoms. The number of carbonyl (C=O) groups excluding carboxylic acids is 1. The first-order chi connectivity index (χ1) is 16.1. The van der Waals surface area contributed by atoms with Crippen LogP contribution in [-0.2, 0) is 17.8 Å². The van der Waals surface area contributed by atoms with E-state index in [0.717, 1.165) is 27.9 Å². The summed E-state index contributed by atoms with van der Waals surface area (Å²) in [5, 5.41) is 10.1. The van der Waals surface area contributed by atoms with E-state index in [2.05, 4.69) is 11.0 Å². The van der Waals surface area contributed by atoms with Gasteiger partial charge in [-0.25, -0.2) is 4.98 Å². The minimum Gasteiger partial charge on any atom is -0.459 e. The van der Waals surface area contributed by atoms with Crippen LogP contribution in [0.1, 0.15) is 39.7 Å². The number of piperazine rings is 1. The van der Waals surface area contributed by atoms with Crippen LogP contribution in [0.15, 0.2) is 47.1 Å². The van der Waals surface area contributed by atoms with Crippen molar-refractivity contribution in [1.29, 1.82) is 5.26 Å². The number of furan rings is 1. The van der Waals surface area contributed by atoms with E-state index >= 15 is 0 Å². The summed E-state index contributed by atoms with van der Waals surface area (Å²) < 4.78 is 11.2. The number of nitriles is 1. The largest absolute Gasteiger partial charge is 0.459 e. The number of rotatable bonds is 3. The molecule has 4 heterocycles. The van der Waals surface area contributed by atoms with Gasteiger partial charge in [0.2, 0.25) is 0 Å². The smallest absolute Gasteiger partial charge is 0.290 e. The van der Waals surface area contributed by atoms with Crippen LogP contribution >= 0.6 is 0 Å². The van der Waals surface area contributed by atoms with Crippen molar-refractivity contribution in [1.82, 2.24) is 9.88 Å². The van der Waals surface area contributed by atoms with Gasteiger partial charge >= 0.3 is 0 Å². The van der Waals surface area contributed by atoms with Gasteiger partial charge in [0.25, 0.3) is 5.91 Å². The molecule has 0 spiro atoms. The number of pyridine rings is 1. The summed E-state index contributed by atoms with van der Waals surface area (Å²) in [6, 6.07) is 14.2. The summed E-state index contributed by atoms with van der Waals surface area (Å²) in [6.45, 7) is 6.69. The number of fused-ring (bicyclic) bond motifs is 1. The van der Waals surface area contributed by atoms with Crippen LogP contribution in [0.5, 0.6) is 0 Å². The molecule has 1 amide bonds. The Hall–Kier alpha value is -3.63. The quantitative estimate of drug-likeness (QED) is 0.611. The molecule has 1 aromatic carbocycles. The molecule has 1 fully saturated rings. The monoisotopic (exact) mass is 442 g/mol. The molecule has 2 aliphatic heterocycles. The molecule has 1 saturated heterocycles. The van der Waals surface area contributed by atoms with E-state index in [0.29, 0.717) is 56.4 Å². The molecule has 7 nitrogen and oxygen atoms in total. The Morgan fingerprint density at radius 2 is 2.00 bits per heavy atom. The van der Waals surface area contributed by atoms with Gasteiger partial charge in [0, 0.05) is 42.4 Å². The summed E-state index contributed by atoms with van der Waals surface area (Å²) >= 11 is 0. The topological polar surface area (TPSA) is 82.6 Å². The Morgan fingerprint density at radius 1 is 1.18 bits per heavy atom. The van der Waals surface area contributed by atoms with Crippen LogP contribution in [0.4, 0.5) is 5.82 Å². The number of benzene rings is 1. The van der Waals surface area contributed by atoms with Gasteiger partial charge in [0.15, 0.2) is 5.76 Å². The van der Waals surface area contributed by atoms with Gasteiger partial charge in [0.05, 0.1) is 30.7 Å². The highest BCUT2D eigenvalue weighted by atomic mass is 16.5. The lowest BCUT2D eigenvalue weighted by Crippen LogP contribution is -2.54. The second kappa shape index (κ2) is 8.72. The number of ether oxygens (including phenoxy) is 1. The predicted octanol–water partition coefficient (Wildman–Crippen LogP) is 3.95. The van der Waals surface area contributed by atoms with Crippen molar-refractivity contribution in [2.24, 2.45) is 0 Å². The molecule has 1 unspecified atom stereocenters. The van der Waals surface area contributed by atoms with Crippen molar-refractivity contribution in [3.05, 3.63) is 70.7 Å². The SMILES string of the molecule is Cc1ccoc1C(=O)N1CCN(c2nc(-c3ccccc3)c3c(c2C#N)CCOC3)CC1C. The maximum Gasteiger partial charge on any atom is 0.290 e. The van der Waals surface area contributed by atoms with E-state index in [1.807, 2.05) is 49.1 Å². The minimum absolute atomic E-state index is 0.0522. The standard InChI is InChI=1S/C26H26N4O3/c1-17-8-13-33-24(17)26(31)30-11-10-29(15-18(30)2)25-21(14-27)20-9-12-32-16-22(20)23(28-25)19-6-4-3-5-7-19/h3-8,13,18H,9-12,15-16H2,1-2H3. The van der Waals surface area contributed by atoms with Gasteiger partial charge in [-0.1, -0.05) is 30.3 Å². The molecule has 1 atom stereocenters. The first-order valence-corrected chi connectivity index (χ1v) is 11.3. The molecule has 2 aliphatic rings. The van der Waals surface area contributed by atoms with E-state index < -0.39 is 0 Å². The summed E-state index contributed by atoms with van der Waals surface area (Å²) in [6.07, 6.45) is 2.24. The van der Waals surface area contributed by atoms with Crippen LogP contribution in [0.25, 0.3) is 11.3 Å². The molecule has 0 aliphatic carbocycles. The van der Waals surface area contributed by atoms with Gasteiger partial charge in [-0.05, 0) is 31.9 Å². The third-order valence-electron chi connectivity index (χ3n) is 6.54. The molecule has 0 radical (unpaired) electrons. The molecular weight excluding hydrogens is 416 g/mol. The van der Waals surface area contributed by atoms with Crippen molar-refractivity contribution >= 4 is 11.7 Å². The highest BCUT2D eigenvalue weighted by Gasteiger charge is 2.33. The zero-order valence-electron chi connectivity index (χ0n) is 18.9. The maximum absolute atomic E-state index is 13.0. The Labute approximate surface area is 193 Å². The highest BCUT2D eigenvalue weighted by molar-refractivity contribution is 5.93. The van der Waals surface area contributed by atoms with Gasteiger partial charge < -0.3 is 19.0 Å². The summed E-state index contributed by atoms with van der Waals surface area (Å²) in [5.74, 6) is 1.00. The number of amides is 1. The Bertz CT molecular complexity index is 1230. The number of hydrogen-bond donors (Lipinski definition) is 0. The molecule has 0 N–H and O–H groups in total. The summed E-state index contributed by atoms with van der Waals surface area (Å²) in [4.78, 5) is 22.0. The van der Waals surface area contributed by atoms with Crippen LogP contribution in [0.2, 0.25) is 0 Å². The molecule has 2 aromatic heterocycles. The second-order valence-corrected chi connectivity index (χ2v) is 8.62. The van der Waals surface area contributed by atoms with Crippen molar-refractivity contribution < 1.29 is 13.9 Å². The number of anilines is 1. The van der Waals surface area contributed by atoms with Gasteiger partial charge in [-0.15, -0.1) is 0 Å². The molecule has 5 rings (SSSR count). The van der Waals surface area contributed by atoms with Crippen LogP contribution in [-0.4, -0.2) is 48.1 Å². The van der Waals surface area contributed by atoms with Crippen LogP contribution < -0.4 is 4.90 Å². The fraction of sp³-hybridized carbons (Fsp3) is 0.346. The normalized spacial score (nSPS) is 18.0. The molecule has 0 saturated carbocycles. The number of aromatic nitrogens is 1. The molecular formula is C26H26N4O3. The zero-order chi connectivity index (χ0) is 22.9. The first kappa shape index (κ1) is 21.2. The van der Waals surface area contributed by atoms with Gasteiger partial charge in [-0.2, -0.15) is 5.26 Å². The van der Waals surface area contributed by atoms with E-state index in [1.54, 1.807) is 12.3 Å². The van der Waals surface area contributed by atoms with Crippen LogP contribution in [0.3, 0.4) is 0 Å². The average molecular weight is 443 g/mol. The third-order valence-corrected chi connectivity index (χ3v) is 6.54. The van der Waals surface area contributed by atoms with Crippen molar-refractivity contribution in [2.75, 3.05) is 31.1 Å². The highest BCUT2D eigenvalue weighted by Crippen LogP contribution is 2.35. The Balaban J connectivity index is 1.50. The fourth-order valence-corrected chi connectivity index (χ4v) is 4.79. The Kier molecular flexibility index (Phi) is 5.61. The zero-order valence-corrected chi connectivity index (χ0v) is 18.9. The van der Waals surface area contributed by atoms with Crippen molar-refractivity contribution in [2.45, 2.75) is 32.9 Å². The lowest BCUT2D eigenvalue weighted by molar-refractivity contribution is 0.0640.